The van der Waals surface area contributed by atoms with Crippen molar-refractivity contribution < 1.29 is 0 Å². The molecule has 0 saturated heterocycles. The molecule has 0 heteroatoms. The largest absolute Gasteiger partial charge is 0.0845 e. The van der Waals surface area contributed by atoms with Gasteiger partial charge in [-0.15, -0.1) is 0 Å². The third kappa shape index (κ3) is 3.12. The van der Waals surface area contributed by atoms with E-state index in [-0.39, 0.29) is 0 Å². The molecule has 0 aromatic carbocycles. The van der Waals surface area contributed by atoms with Gasteiger partial charge in [0.1, 0.15) is 0 Å². The van der Waals surface area contributed by atoms with Crippen LogP contribution < -0.4 is 0 Å². The number of allylic oxidation sites excluding steroid dienone is 4. The van der Waals surface area contributed by atoms with E-state index in [1.807, 2.05) is 0 Å². The van der Waals surface area contributed by atoms with Crippen molar-refractivity contribution in [3.05, 3.63) is 24.3 Å². The van der Waals surface area contributed by atoms with Crippen LogP contribution >= 0.6 is 0 Å². The Morgan fingerprint density at radius 2 is 1.22 bits per heavy atom. The first kappa shape index (κ1) is 6.60. The molecule has 1 aliphatic rings. The van der Waals surface area contributed by atoms with Gasteiger partial charge >= 0.3 is 0 Å². The Hall–Kier alpha value is -0.520. The van der Waals surface area contributed by atoms with Gasteiger partial charge < -0.3 is 0 Å². The van der Waals surface area contributed by atoms with Gasteiger partial charge in [-0.05, 0) is 25.7 Å². The predicted octanol–water partition coefficient (Wildman–Crippen LogP) is 3.06. The zero-order valence-electron chi connectivity index (χ0n) is 5.84. The Labute approximate surface area is 57.3 Å². The van der Waals surface area contributed by atoms with Crippen LogP contribution in [0.25, 0.3) is 0 Å². The zero-order valence-corrected chi connectivity index (χ0v) is 5.84. The summed E-state index contributed by atoms with van der Waals surface area (Å²) in [6, 6.07) is 0. The molecule has 0 aliphatic heterocycles. The molecule has 0 aromatic rings. The van der Waals surface area contributed by atoms with Crippen molar-refractivity contribution in [2.75, 3.05) is 0 Å². The highest BCUT2D eigenvalue weighted by molar-refractivity contribution is 5.02. The van der Waals surface area contributed by atoms with Gasteiger partial charge in [-0.25, -0.2) is 0 Å². The van der Waals surface area contributed by atoms with Crippen LogP contribution in [-0.4, -0.2) is 0 Å². The molecule has 0 radical (unpaired) electrons. The molecule has 0 bridgehead atoms. The highest BCUT2D eigenvalue weighted by atomic mass is 13.9. The normalized spacial score (nSPS) is 27.6. The van der Waals surface area contributed by atoms with Crippen molar-refractivity contribution in [1.82, 2.24) is 0 Å². The van der Waals surface area contributed by atoms with Crippen LogP contribution in [0, 0.1) is 0 Å². The lowest BCUT2D eigenvalue weighted by Crippen LogP contribution is -1.72. The zero-order chi connectivity index (χ0) is 6.36. The summed E-state index contributed by atoms with van der Waals surface area (Å²) in [5, 5.41) is 0. The molecule has 0 heterocycles. The van der Waals surface area contributed by atoms with Crippen LogP contribution in [0.4, 0.5) is 0 Å². The number of hydrogen-bond acceptors (Lipinski definition) is 0. The fraction of sp³-hybridized carbons (Fsp3) is 0.556. The first-order valence-electron chi connectivity index (χ1n) is 3.82. The van der Waals surface area contributed by atoms with E-state index in [2.05, 4.69) is 24.3 Å². The van der Waals surface area contributed by atoms with Crippen LogP contribution in [0.3, 0.4) is 0 Å². The predicted molar refractivity (Wildman–Crippen MR) is 41.4 cm³/mol. The van der Waals surface area contributed by atoms with Crippen molar-refractivity contribution in [3.63, 3.8) is 0 Å². The average molecular weight is 122 g/mol. The number of rotatable bonds is 0. The van der Waals surface area contributed by atoms with Crippen molar-refractivity contribution in [1.29, 1.82) is 0 Å². The maximum atomic E-state index is 2.25. The van der Waals surface area contributed by atoms with Crippen molar-refractivity contribution in [2.45, 2.75) is 32.1 Å². The maximum absolute atomic E-state index is 2.25. The molecule has 1 rings (SSSR count). The lowest BCUT2D eigenvalue weighted by atomic mass is 10.1. The van der Waals surface area contributed by atoms with Crippen molar-refractivity contribution in [2.24, 2.45) is 0 Å². The van der Waals surface area contributed by atoms with Crippen LogP contribution in [0.15, 0.2) is 24.3 Å². The summed E-state index contributed by atoms with van der Waals surface area (Å²) < 4.78 is 0. The van der Waals surface area contributed by atoms with Gasteiger partial charge in [-0.2, -0.15) is 0 Å². The molecule has 9 heavy (non-hydrogen) atoms. The van der Waals surface area contributed by atoms with Crippen molar-refractivity contribution in [3.8, 4) is 0 Å². The van der Waals surface area contributed by atoms with Crippen molar-refractivity contribution >= 4 is 0 Å². The minimum atomic E-state index is 1.27. The third-order valence-electron chi connectivity index (χ3n) is 1.62. The molecule has 1 aliphatic carbocycles. The molecule has 0 N–H and O–H groups in total. The summed E-state index contributed by atoms with van der Waals surface area (Å²) in [7, 11) is 0. The summed E-state index contributed by atoms with van der Waals surface area (Å²) >= 11 is 0. The topological polar surface area (TPSA) is 0 Å². The lowest BCUT2D eigenvalue weighted by Gasteiger charge is -1.91. The molecule has 0 saturated carbocycles. The lowest BCUT2D eigenvalue weighted by molar-refractivity contribution is 0.698. The molecule has 0 aromatic heterocycles. The molecule has 50 valence electrons. The monoisotopic (exact) mass is 122 g/mol. The van der Waals surface area contributed by atoms with Gasteiger partial charge in [0.05, 0.1) is 0 Å². The molecule has 0 amide bonds. The summed E-state index contributed by atoms with van der Waals surface area (Å²) in [5.41, 5.74) is 0. The summed E-state index contributed by atoms with van der Waals surface area (Å²) in [5.74, 6) is 0. The van der Waals surface area contributed by atoms with Gasteiger partial charge in [0.15, 0.2) is 0 Å². The molecule has 0 fully saturated rings. The van der Waals surface area contributed by atoms with E-state index in [4.69, 9.17) is 0 Å². The minimum absolute atomic E-state index is 1.27. The number of hydrogen-bond donors (Lipinski definition) is 0. The van der Waals surface area contributed by atoms with E-state index < -0.39 is 0 Å². The Morgan fingerprint density at radius 3 is 1.78 bits per heavy atom. The molecule has 0 atom stereocenters. The Morgan fingerprint density at radius 1 is 0.667 bits per heavy atom. The smallest absolute Gasteiger partial charge is 0.0348 e. The fourth-order valence-corrected chi connectivity index (χ4v) is 1.05. The van der Waals surface area contributed by atoms with Gasteiger partial charge in [0.2, 0.25) is 0 Å². The summed E-state index contributed by atoms with van der Waals surface area (Å²) in [6.45, 7) is 0. The van der Waals surface area contributed by atoms with E-state index >= 15 is 0 Å². The summed E-state index contributed by atoms with van der Waals surface area (Å²) in [4.78, 5) is 0. The molecule has 0 nitrogen and oxygen atoms in total. The molecular formula is C9H14. The van der Waals surface area contributed by atoms with E-state index in [1.165, 1.54) is 32.1 Å². The van der Waals surface area contributed by atoms with Gasteiger partial charge in [0.25, 0.3) is 0 Å². The van der Waals surface area contributed by atoms with E-state index in [0.29, 0.717) is 0 Å². The summed E-state index contributed by atoms with van der Waals surface area (Å²) in [6.07, 6.45) is 15.5. The first-order chi connectivity index (χ1) is 4.50. The fourth-order valence-electron chi connectivity index (χ4n) is 1.05. The minimum Gasteiger partial charge on any atom is -0.0845 e. The Kier molecular flexibility index (Phi) is 3.20. The highest BCUT2D eigenvalue weighted by Crippen LogP contribution is 2.06. The quantitative estimate of drug-likeness (QED) is 0.463. The second-order valence-corrected chi connectivity index (χ2v) is 2.49. The van der Waals surface area contributed by atoms with Gasteiger partial charge in [-0.3, -0.25) is 0 Å². The van der Waals surface area contributed by atoms with Crippen LogP contribution in [-0.2, 0) is 0 Å². The average Bonchev–Trinajstić information content (AvgIpc) is 2.00. The van der Waals surface area contributed by atoms with Crippen LogP contribution in [0.2, 0.25) is 0 Å². The van der Waals surface area contributed by atoms with E-state index in [0.717, 1.165) is 0 Å². The molecular weight excluding hydrogens is 108 g/mol. The highest BCUT2D eigenvalue weighted by Gasteiger charge is 1.86. The van der Waals surface area contributed by atoms with Gasteiger partial charge in [-0.1, -0.05) is 30.7 Å². The van der Waals surface area contributed by atoms with Crippen LogP contribution in [0.1, 0.15) is 32.1 Å². The second kappa shape index (κ2) is 4.37. The maximum Gasteiger partial charge on any atom is -0.0348 e. The Balaban J connectivity index is 2.28. The first-order valence-corrected chi connectivity index (χ1v) is 3.82. The third-order valence-corrected chi connectivity index (χ3v) is 1.62. The van der Waals surface area contributed by atoms with E-state index in [1.54, 1.807) is 0 Å². The van der Waals surface area contributed by atoms with E-state index in [9.17, 15) is 0 Å². The molecule has 0 spiro atoms. The van der Waals surface area contributed by atoms with Gasteiger partial charge in [0, 0.05) is 0 Å². The molecule has 0 unspecified atom stereocenters. The van der Waals surface area contributed by atoms with Crippen LogP contribution in [0.5, 0.6) is 0 Å². The SMILES string of the molecule is C1=C\CCCCC\C=C/1. The second-order valence-electron chi connectivity index (χ2n) is 2.49. The Bertz CT molecular complexity index is 95.2. The standard InChI is InChI=1S/C9H14/c1-2-4-6-8-9-7-5-3-1/h1-4H,5-9H2/b3-1-,4-2-.